The van der Waals surface area contributed by atoms with Crippen molar-refractivity contribution in [2.45, 2.75) is 13.0 Å². The maximum atomic E-state index is 12.1. The Balaban J connectivity index is 1.76. The summed E-state index contributed by atoms with van der Waals surface area (Å²) in [5.74, 6) is 0.496. The zero-order valence-electron chi connectivity index (χ0n) is 14.6. The van der Waals surface area contributed by atoms with Crippen molar-refractivity contribution >= 4 is 5.91 Å². The predicted molar refractivity (Wildman–Crippen MR) is 93.0 cm³/mol. The topological polar surface area (TPSA) is 80.6 Å². The molecule has 142 valence electrons. The van der Waals surface area contributed by atoms with Gasteiger partial charge in [-0.2, -0.15) is 14.0 Å². The minimum absolute atomic E-state index is 0.0857. The SMILES string of the molecule is COc1cc(C#N)ccc1OCC(=O)NCCc1ccc(OC(F)F)cc1. The smallest absolute Gasteiger partial charge is 0.387 e. The lowest BCUT2D eigenvalue weighted by Gasteiger charge is -2.11. The van der Waals surface area contributed by atoms with E-state index in [0.717, 1.165) is 5.56 Å². The fourth-order valence-electron chi connectivity index (χ4n) is 2.23. The highest BCUT2D eigenvalue weighted by Gasteiger charge is 2.09. The molecule has 0 aromatic heterocycles. The molecule has 0 atom stereocenters. The Morgan fingerprint density at radius 3 is 2.56 bits per heavy atom. The van der Waals surface area contributed by atoms with E-state index in [4.69, 9.17) is 14.7 Å². The van der Waals surface area contributed by atoms with E-state index in [1.807, 2.05) is 6.07 Å². The van der Waals surface area contributed by atoms with E-state index in [-0.39, 0.29) is 18.3 Å². The molecule has 0 aliphatic heterocycles. The Labute approximate surface area is 155 Å². The molecule has 6 nitrogen and oxygen atoms in total. The molecule has 8 heteroatoms. The van der Waals surface area contributed by atoms with Crippen molar-refractivity contribution in [3.63, 3.8) is 0 Å². The van der Waals surface area contributed by atoms with Crippen molar-refractivity contribution in [2.75, 3.05) is 20.3 Å². The van der Waals surface area contributed by atoms with E-state index >= 15 is 0 Å². The van der Waals surface area contributed by atoms with Crippen LogP contribution in [0.1, 0.15) is 11.1 Å². The van der Waals surface area contributed by atoms with E-state index in [1.54, 1.807) is 24.3 Å². The highest BCUT2D eigenvalue weighted by Crippen LogP contribution is 2.27. The molecule has 0 saturated carbocycles. The number of alkyl halides is 2. The largest absolute Gasteiger partial charge is 0.493 e. The maximum Gasteiger partial charge on any atom is 0.387 e. The van der Waals surface area contributed by atoms with Crippen molar-refractivity contribution < 1.29 is 27.8 Å². The minimum Gasteiger partial charge on any atom is -0.493 e. The third-order valence-corrected chi connectivity index (χ3v) is 3.54. The van der Waals surface area contributed by atoms with E-state index in [1.165, 1.54) is 25.3 Å². The highest BCUT2D eigenvalue weighted by molar-refractivity contribution is 5.77. The van der Waals surface area contributed by atoms with Crippen LogP contribution in [0.3, 0.4) is 0 Å². The number of benzene rings is 2. The Bertz CT molecular complexity index is 804. The molecular weight excluding hydrogens is 358 g/mol. The number of amides is 1. The molecule has 0 heterocycles. The fourth-order valence-corrected chi connectivity index (χ4v) is 2.23. The van der Waals surface area contributed by atoms with Crippen molar-refractivity contribution in [2.24, 2.45) is 0 Å². The minimum atomic E-state index is -2.86. The van der Waals surface area contributed by atoms with E-state index in [0.29, 0.717) is 30.0 Å². The molecule has 27 heavy (non-hydrogen) atoms. The summed E-state index contributed by atoms with van der Waals surface area (Å²) in [6.07, 6.45) is 0.529. The number of rotatable bonds is 9. The summed E-state index contributed by atoms with van der Waals surface area (Å²) >= 11 is 0. The molecule has 1 amide bonds. The zero-order valence-corrected chi connectivity index (χ0v) is 14.6. The van der Waals surface area contributed by atoms with E-state index < -0.39 is 6.61 Å². The lowest BCUT2D eigenvalue weighted by molar-refractivity contribution is -0.123. The van der Waals surface area contributed by atoms with Gasteiger partial charge in [0, 0.05) is 12.6 Å². The summed E-state index contributed by atoms with van der Waals surface area (Å²) in [7, 11) is 1.45. The summed E-state index contributed by atoms with van der Waals surface area (Å²) in [6, 6.07) is 12.8. The van der Waals surface area contributed by atoms with Gasteiger partial charge < -0.3 is 19.5 Å². The van der Waals surface area contributed by atoms with Gasteiger partial charge in [0.05, 0.1) is 18.7 Å². The quantitative estimate of drug-likeness (QED) is 0.728. The lowest BCUT2D eigenvalue weighted by Crippen LogP contribution is -2.30. The van der Waals surface area contributed by atoms with Crippen molar-refractivity contribution in [3.8, 4) is 23.3 Å². The van der Waals surface area contributed by atoms with Gasteiger partial charge in [-0.15, -0.1) is 0 Å². The fraction of sp³-hybridized carbons (Fsp3) is 0.263. The van der Waals surface area contributed by atoms with Gasteiger partial charge in [-0.1, -0.05) is 12.1 Å². The van der Waals surface area contributed by atoms with Crippen LogP contribution in [0, 0.1) is 11.3 Å². The predicted octanol–water partition coefficient (Wildman–Crippen LogP) is 2.91. The molecule has 0 saturated heterocycles. The standard InChI is InChI=1S/C19H18F2N2O4/c1-25-17-10-14(11-22)4-7-16(17)26-12-18(24)23-9-8-13-2-5-15(6-3-13)27-19(20)21/h2-7,10,19H,8-9,12H2,1H3,(H,23,24). The second kappa shape index (κ2) is 9.97. The molecule has 2 rings (SSSR count). The Morgan fingerprint density at radius 1 is 1.19 bits per heavy atom. The number of carbonyl (C=O) groups is 1. The molecule has 0 aliphatic rings. The third-order valence-electron chi connectivity index (χ3n) is 3.54. The van der Waals surface area contributed by atoms with E-state index in [9.17, 15) is 13.6 Å². The molecule has 2 aromatic rings. The van der Waals surface area contributed by atoms with Crippen LogP contribution in [0.25, 0.3) is 0 Å². The first-order chi connectivity index (χ1) is 13.0. The van der Waals surface area contributed by atoms with Crippen LogP contribution in [0.15, 0.2) is 42.5 Å². The average molecular weight is 376 g/mol. The van der Waals surface area contributed by atoms with Crippen LogP contribution in [0.4, 0.5) is 8.78 Å². The van der Waals surface area contributed by atoms with Gasteiger partial charge in [-0.25, -0.2) is 0 Å². The molecule has 0 aliphatic carbocycles. The summed E-state index contributed by atoms with van der Waals surface area (Å²) in [5.41, 5.74) is 1.29. The first-order valence-corrected chi connectivity index (χ1v) is 8.03. The number of nitrogens with zero attached hydrogens (tertiary/aromatic N) is 1. The Morgan fingerprint density at radius 2 is 1.93 bits per heavy atom. The van der Waals surface area contributed by atoms with Gasteiger partial charge in [0.15, 0.2) is 18.1 Å². The van der Waals surface area contributed by atoms with Crippen LogP contribution >= 0.6 is 0 Å². The second-order valence-corrected chi connectivity index (χ2v) is 5.39. The summed E-state index contributed by atoms with van der Waals surface area (Å²) in [6.45, 7) is -2.70. The first kappa shape index (κ1) is 20.0. The van der Waals surface area contributed by atoms with Crippen LogP contribution < -0.4 is 19.5 Å². The summed E-state index contributed by atoms with van der Waals surface area (Å²) in [4.78, 5) is 11.9. The molecule has 0 bridgehead atoms. The van der Waals surface area contributed by atoms with Gasteiger partial charge in [-0.3, -0.25) is 4.79 Å². The number of hydrogen-bond acceptors (Lipinski definition) is 5. The van der Waals surface area contributed by atoms with Crippen LogP contribution in [0.5, 0.6) is 17.2 Å². The first-order valence-electron chi connectivity index (χ1n) is 8.03. The monoisotopic (exact) mass is 376 g/mol. The number of nitrogens with one attached hydrogen (secondary N) is 1. The van der Waals surface area contributed by atoms with Crippen molar-refractivity contribution in [3.05, 3.63) is 53.6 Å². The van der Waals surface area contributed by atoms with Gasteiger partial charge in [0.1, 0.15) is 5.75 Å². The maximum absolute atomic E-state index is 12.1. The van der Waals surface area contributed by atoms with Crippen LogP contribution in [-0.2, 0) is 11.2 Å². The van der Waals surface area contributed by atoms with Gasteiger partial charge in [0.2, 0.25) is 0 Å². The summed E-state index contributed by atoms with van der Waals surface area (Å²) < 4.78 is 39.0. The molecule has 0 unspecified atom stereocenters. The van der Waals surface area contributed by atoms with Gasteiger partial charge in [-0.05, 0) is 36.2 Å². The molecule has 0 radical (unpaired) electrons. The number of carbonyl (C=O) groups excluding carboxylic acids is 1. The third kappa shape index (κ3) is 6.47. The van der Waals surface area contributed by atoms with Gasteiger partial charge >= 0.3 is 6.61 Å². The lowest BCUT2D eigenvalue weighted by atomic mass is 10.1. The molecular formula is C19H18F2N2O4. The number of halogens is 2. The Kier molecular flexibility index (Phi) is 7.37. The number of methoxy groups -OCH3 is 1. The molecule has 1 N–H and O–H groups in total. The summed E-state index contributed by atoms with van der Waals surface area (Å²) in [5, 5.41) is 11.6. The molecule has 0 spiro atoms. The van der Waals surface area contributed by atoms with E-state index in [2.05, 4.69) is 10.1 Å². The average Bonchev–Trinajstić information content (AvgIpc) is 2.67. The Hall–Kier alpha value is -3.34. The molecule has 2 aromatic carbocycles. The highest BCUT2D eigenvalue weighted by atomic mass is 19.3. The zero-order chi connectivity index (χ0) is 19.6. The molecule has 0 fully saturated rings. The van der Waals surface area contributed by atoms with Crippen molar-refractivity contribution in [1.82, 2.24) is 5.32 Å². The number of hydrogen-bond donors (Lipinski definition) is 1. The van der Waals surface area contributed by atoms with Crippen LogP contribution in [0.2, 0.25) is 0 Å². The number of ether oxygens (including phenoxy) is 3. The number of nitriles is 1. The van der Waals surface area contributed by atoms with Crippen molar-refractivity contribution in [1.29, 1.82) is 5.26 Å². The normalized spacial score (nSPS) is 10.2. The van der Waals surface area contributed by atoms with Crippen LogP contribution in [-0.4, -0.2) is 32.8 Å². The van der Waals surface area contributed by atoms with Gasteiger partial charge in [0.25, 0.3) is 5.91 Å². The second-order valence-electron chi connectivity index (χ2n) is 5.39.